The van der Waals surface area contributed by atoms with Gasteiger partial charge in [0.05, 0.1) is 0 Å². The van der Waals surface area contributed by atoms with Crippen LogP contribution in [0.2, 0.25) is 0 Å². The van der Waals surface area contributed by atoms with Crippen molar-refractivity contribution in [3.8, 4) is 11.5 Å². The minimum Gasteiger partial charge on any atom is -0.454 e. The van der Waals surface area contributed by atoms with E-state index < -0.39 is 6.09 Å². The monoisotopic (exact) mass is 223 g/mol. The molecule has 86 valence electrons. The first kappa shape index (κ1) is 10.6. The van der Waals surface area contributed by atoms with Crippen LogP contribution in [-0.4, -0.2) is 19.4 Å². The molecule has 0 aromatic heterocycles. The number of benzene rings is 1. The van der Waals surface area contributed by atoms with E-state index in [4.69, 9.17) is 14.2 Å². The summed E-state index contributed by atoms with van der Waals surface area (Å²) < 4.78 is 15.4. The summed E-state index contributed by atoms with van der Waals surface area (Å²) in [7, 11) is 0. The molecule has 0 unspecified atom stereocenters. The largest absolute Gasteiger partial charge is 0.454 e. The number of rotatable bonds is 3. The van der Waals surface area contributed by atoms with Crippen LogP contribution in [0.1, 0.15) is 12.5 Å². The molecule has 1 aromatic carbocycles. The Balaban J connectivity index is 1.93. The number of alkyl carbamates (subject to hydrolysis) is 1. The summed E-state index contributed by atoms with van der Waals surface area (Å²) in [6.45, 7) is 2.86. The molecule has 2 rings (SSSR count). The second-order valence-electron chi connectivity index (χ2n) is 3.29. The first-order chi connectivity index (χ1) is 7.79. The Bertz CT molecular complexity index is 392. The second-order valence-corrected chi connectivity index (χ2v) is 3.29. The number of carbonyl (C=O) groups excluding carboxylic acids is 1. The van der Waals surface area contributed by atoms with Crippen molar-refractivity contribution in [1.82, 2.24) is 5.32 Å². The zero-order valence-electron chi connectivity index (χ0n) is 8.99. The summed E-state index contributed by atoms with van der Waals surface area (Å²) in [5, 5.41) is 2.55. The van der Waals surface area contributed by atoms with Crippen LogP contribution in [0.15, 0.2) is 18.2 Å². The van der Waals surface area contributed by atoms with Crippen molar-refractivity contribution in [2.75, 3.05) is 13.3 Å². The smallest absolute Gasteiger partial charge is 0.407 e. The Morgan fingerprint density at radius 2 is 2.25 bits per heavy atom. The van der Waals surface area contributed by atoms with Crippen molar-refractivity contribution < 1.29 is 19.0 Å². The molecule has 0 radical (unpaired) electrons. The van der Waals surface area contributed by atoms with Gasteiger partial charge in [-0.25, -0.2) is 4.79 Å². The van der Waals surface area contributed by atoms with Gasteiger partial charge in [-0.05, 0) is 24.6 Å². The molecule has 5 heteroatoms. The number of carbonyl (C=O) groups is 1. The third-order valence-corrected chi connectivity index (χ3v) is 2.13. The Kier molecular flexibility index (Phi) is 3.14. The van der Waals surface area contributed by atoms with E-state index in [1.54, 1.807) is 6.07 Å². The molecular weight excluding hydrogens is 210 g/mol. The standard InChI is InChI=1S/C11H13NO4/c1-2-12-11(13)14-6-8-3-4-9-10(5-8)16-7-15-9/h3-5H,2,6-7H2,1H3,(H,12,13). The Hall–Kier alpha value is -1.91. The molecule has 1 N–H and O–H groups in total. The second kappa shape index (κ2) is 4.74. The lowest BCUT2D eigenvalue weighted by molar-refractivity contribution is 0.140. The van der Waals surface area contributed by atoms with Crippen LogP contribution in [0.3, 0.4) is 0 Å². The number of hydrogen-bond donors (Lipinski definition) is 1. The van der Waals surface area contributed by atoms with Crippen LogP contribution in [-0.2, 0) is 11.3 Å². The summed E-state index contributed by atoms with van der Waals surface area (Å²) in [4.78, 5) is 11.1. The van der Waals surface area contributed by atoms with Crippen molar-refractivity contribution >= 4 is 6.09 Å². The van der Waals surface area contributed by atoms with E-state index >= 15 is 0 Å². The summed E-state index contributed by atoms with van der Waals surface area (Å²) in [5.74, 6) is 1.42. The molecule has 0 saturated carbocycles. The molecular formula is C11H13NO4. The highest BCUT2D eigenvalue weighted by atomic mass is 16.7. The lowest BCUT2D eigenvalue weighted by Crippen LogP contribution is -2.23. The van der Waals surface area contributed by atoms with Crippen molar-refractivity contribution in [3.63, 3.8) is 0 Å². The maximum absolute atomic E-state index is 11.1. The highest BCUT2D eigenvalue weighted by Gasteiger charge is 2.13. The lowest BCUT2D eigenvalue weighted by Gasteiger charge is -2.05. The van der Waals surface area contributed by atoms with Crippen LogP contribution >= 0.6 is 0 Å². The van der Waals surface area contributed by atoms with E-state index in [9.17, 15) is 4.79 Å². The van der Waals surface area contributed by atoms with Crippen molar-refractivity contribution in [3.05, 3.63) is 23.8 Å². The van der Waals surface area contributed by atoms with Crippen molar-refractivity contribution in [2.24, 2.45) is 0 Å². The fourth-order valence-electron chi connectivity index (χ4n) is 1.37. The Labute approximate surface area is 93.3 Å². The van der Waals surface area contributed by atoms with Gasteiger partial charge >= 0.3 is 6.09 Å². The third kappa shape index (κ3) is 2.36. The first-order valence-electron chi connectivity index (χ1n) is 5.08. The van der Waals surface area contributed by atoms with Crippen LogP contribution in [0, 0.1) is 0 Å². The van der Waals surface area contributed by atoms with E-state index in [-0.39, 0.29) is 13.4 Å². The molecule has 1 amide bonds. The van der Waals surface area contributed by atoms with Crippen molar-refractivity contribution in [1.29, 1.82) is 0 Å². The Morgan fingerprint density at radius 1 is 1.44 bits per heavy atom. The predicted molar refractivity (Wildman–Crippen MR) is 56.4 cm³/mol. The number of hydrogen-bond acceptors (Lipinski definition) is 4. The molecule has 5 nitrogen and oxygen atoms in total. The summed E-state index contributed by atoms with van der Waals surface area (Å²) in [6, 6.07) is 5.45. The van der Waals surface area contributed by atoms with Crippen LogP contribution < -0.4 is 14.8 Å². The summed E-state index contributed by atoms with van der Waals surface area (Å²) >= 11 is 0. The van der Waals surface area contributed by atoms with Gasteiger partial charge in [-0.15, -0.1) is 0 Å². The molecule has 1 heterocycles. The molecule has 0 fully saturated rings. The van der Waals surface area contributed by atoms with E-state index in [1.165, 1.54) is 0 Å². The molecule has 1 aliphatic rings. The van der Waals surface area contributed by atoms with Gasteiger partial charge in [0.25, 0.3) is 0 Å². The van der Waals surface area contributed by atoms with E-state index in [0.717, 1.165) is 11.3 Å². The fourth-order valence-corrected chi connectivity index (χ4v) is 1.37. The zero-order chi connectivity index (χ0) is 11.4. The number of fused-ring (bicyclic) bond motifs is 1. The Morgan fingerprint density at radius 3 is 3.06 bits per heavy atom. The molecule has 1 aromatic rings. The van der Waals surface area contributed by atoms with E-state index in [2.05, 4.69) is 5.32 Å². The topological polar surface area (TPSA) is 56.8 Å². The van der Waals surface area contributed by atoms with Crippen LogP contribution in [0.25, 0.3) is 0 Å². The fraction of sp³-hybridized carbons (Fsp3) is 0.364. The number of nitrogens with one attached hydrogen (secondary N) is 1. The zero-order valence-corrected chi connectivity index (χ0v) is 8.99. The molecule has 16 heavy (non-hydrogen) atoms. The average Bonchev–Trinajstić information content (AvgIpc) is 2.74. The van der Waals surface area contributed by atoms with Gasteiger partial charge in [0.1, 0.15) is 6.61 Å². The quantitative estimate of drug-likeness (QED) is 0.846. The molecule has 0 aliphatic carbocycles. The maximum Gasteiger partial charge on any atom is 0.407 e. The summed E-state index contributed by atoms with van der Waals surface area (Å²) in [5.41, 5.74) is 0.871. The molecule has 0 atom stereocenters. The highest BCUT2D eigenvalue weighted by molar-refractivity contribution is 5.67. The number of amides is 1. The van der Waals surface area contributed by atoms with Gasteiger partial charge in [0.2, 0.25) is 6.79 Å². The van der Waals surface area contributed by atoms with Crippen molar-refractivity contribution in [2.45, 2.75) is 13.5 Å². The van der Waals surface area contributed by atoms with Gasteiger partial charge in [-0.1, -0.05) is 6.07 Å². The molecule has 0 saturated heterocycles. The van der Waals surface area contributed by atoms with Crippen LogP contribution in [0.5, 0.6) is 11.5 Å². The number of ether oxygens (including phenoxy) is 3. The van der Waals surface area contributed by atoms with Gasteiger partial charge in [0.15, 0.2) is 11.5 Å². The van der Waals surface area contributed by atoms with E-state index in [0.29, 0.717) is 12.3 Å². The predicted octanol–water partition coefficient (Wildman–Crippen LogP) is 1.66. The van der Waals surface area contributed by atoms with Crippen LogP contribution in [0.4, 0.5) is 4.79 Å². The van der Waals surface area contributed by atoms with Gasteiger partial charge in [0, 0.05) is 6.54 Å². The average molecular weight is 223 g/mol. The maximum atomic E-state index is 11.1. The normalized spacial score (nSPS) is 12.3. The minimum absolute atomic E-state index is 0.225. The SMILES string of the molecule is CCNC(=O)OCc1ccc2c(c1)OCO2. The van der Waals surface area contributed by atoms with E-state index in [1.807, 2.05) is 19.1 Å². The highest BCUT2D eigenvalue weighted by Crippen LogP contribution is 2.32. The molecule has 0 bridgehead atoms. The van der Waals surface area contributed by atoms with Gasteiger partial charge in [-0.3, -0.25) is 0 Å². The van der Waals surface area contributed by atoms with Gasteiger partial charge < -0.3 is 19.5 Å². The third-order valence-electron chi connectivity index (χ3n) is 2.13. The minimum atomic E-state index is -0.417. The molecule has 1 aliphatic heterocycles. The van der Waals surface area contributed by atoms with Gasteiger partial charge in [-0.2, -0.15) is 0 Å². The summed E-state index contributed by atoms with van der Waals surface area (Å²) in [6.07, 6.45) is -0.417. The molecule has 0 spiro atoms. The lowest BCUT2D eigenvalue weighted by atomic mass is 10.2. The first-order valence-corrected chi connectivity index (χ1v) is 5.08.